The third kappa shape index (κ3) is 17.3. The monoisotopic (exact) mass is 601 g/mol. The van der Waals surface area contributed by atoms with E-state index >= 15 is 0 Å². The molecule has 7 atom stereocenters. The minimum Gasteiger partial charge on any atom is -0.394 e. The molecule has 0 aromatic heterocycles. The van der Waals surface area contributed by atoms with E-state index in [9.17, 15) is 30.3 Å². The Morgan fingerprint density at radius 2 is 1.31 bits per heavy atom. The number of nitrogens with one attached hydrogen (secondary N) is 1. The van der Waals surface area contributed by atoms with Crippen molar-refractivity contribution in [3.05, 3.63) is 12.2 Å². The van der Waals surface area contributed by atoms with Crippen molar-refractivity contribution in [3.63, 3.8) is 0 Å². The van der Waals surface area contributed by atoms with Gasteiger partial charge in [-0.05, 0) is 19.3 Å². The molecule has 0 unspecified atom stereocenters. The molecule has 1 aliphatic rings. The Kier molecular flexibility index (Phi) is 23.4. The number of carbonyl (C=O) groups is 1. The molecule has 9 heteroatoms. The second-order valence-corrected chi connectivity index (χ2v) is 12.0. The van der Waals surface area contributed by atoms with Gasteiger partial charge in [0.05, 0.1) is 25.4 Å². The summed E-state index contributed by atoms with van der Waals surface area (Å²) < 4.78 is 11.1. The Bertz CT molecular complexity index is 676. The maximum atomic E-state index is 12.7. The molecule has 0 aliphatic carbocycles. The standard InChI is InChI=1S/C33H63NO8/c1-3-5-7-9-11-12-13-14-15-17-18-20-22-27(36)26(34-29(37)23-21-19-16-10-8-6-4-2)25-41-33-32(40)31(39)30(38)28(24-35)42-33/h20,22,26-28,30-33,35-36,38-40H,3-19,21,23-25H2,1-2H3,(H,34,37)/b22-20+/t26-,27+,28+,30-,31-,32+,33+/m0/s1. The van der Waals surface area contributed by atoms with Gasteiger partial charge in [-0.25, -0.2) is 0 Å². The van der Waals surface area contributed by atoms with E-state index in [-0.39, 0.29) is 12.5 Å². The number of unbranched alkanes of at least 4 members (excludes halogenated alkanes) is 16. The molecule has 1 amide bonds. The second-order valence-electron chi connectivity index (χ2n) is 12.0. The fraction of sp³-hybridized carbons (Fsp3) is 0.909. The molecule has 0 radical (unpaired) electrons. The van der Waals surface area contributed by atoms with Crippen molar-refractivity contribution in [2.75, 3.05) is 13.2 Å². The maximum Gasteiger partial charge on any atom is 0.220 e. The highest BCUT2D eigenvalue weighted by Crippen LogP contribution is 2.22. The summed E-state index contributed by atoms with van der Waals surface area (Å²) in [6.07, 6.45) is 17.0. The maximum absolute atomic E-state index is 12.7. The first-order valence-corrected chi connectivity index (χ1v) is 16.9. The fourth-order valence-electron chi connectivity index (χ4n) is 5.27. The Hall–Kier alpha value is -1.07. The van der Waals surface area contributed by atoms with Crippen LogP contribution in [0.25, 0.3) is 0 Å². The Labute approximate surface area is 255 Å². The van der Waals surface area contributed by atoms with Gasteiger partial charge in [-0.3, -0.25) is 4.79 Å². The first-order chi connectivity index (χ1) is 20.3. The number of aliphatic hydroxyl groups is 5. The van der Waals surface area contributed by atoms with Crippen LogP contribution in [0.4, 0.5) is 0 Å². The first-order valence-electron chi connectivity index (χ1n) is 16.9. The molecule has 248 valence electrons. The molecule has 0 bridgehead atoms. The Morgan fingerprint density at radius 3 is 1.86 bits per heavy atom. The summed E-state index contributed by atoms with van der Waals surface area (Å²) in [6.45, 7) is 3.67. The van der Waals surface area contributed by atoms with Crippen molar-refractivity contribution >= 4 is 5.91 Å². The van der Waals surface area contributed by atoms with E-state index < -0.39 is 49.5 Å². The van der Waals surface area contributed by atoms with Gasteiger partial charge < -0.3 is 40.3 Å². The number of rotatable bonds is 26. The zero-order valence-corrected chi connectivity index (χ0v) is 26.5. The normalized spacial score (nSPS) is 24.2. The van der Waals surface area contributed by atoms with E-state index in [1.54, 1.807) is 6.08 Å². The minimum absolute atomic E-state index is 0.185. The zero-order chi connectivity index (χ0) is 31.0. The minimum atomic E-state index is -1.56. The number of ether oxygens (including phenoxy) is 2. The summed E-state index contributed by atoms with van der Waals surface area (Å²) in [6, 6.07) is -0.793. The molecule has 0 aromatic carbocycles. The van der Waals surface area contributed by atoms with Crippen LogP contribution < -0.4 is 5.32 Å². The predicted molar refractivity (Wildman–Crippen MR) is 166 cm³/mol. The molecule has 1 saturated heterocycles. The van der Waals surface area contributed by atoms with E-state index in [1.807, 2.05) is 6.08 Å². The summed E-state index contributed by atoms with van der Waals surface area (Å²) in [4.78, 5) is 12.7. The van der Waals surface area contributed by atoms with Gasteiger partial charge in [-0.1, -0.05) is 122 Å². The Morgan fingerprint density at radius 1 is 0.786 bits per heavy atom. The van der Waals surface area contributed by atoms with Gasteiger partial charge in [-0.15, -0.1) is 0 Å². The highest BCUT2D eigenvalue weighted by atomic mass is 16.7. The van der Waals surface area contributed by atoms with Gasteiger partial charge in [0.15, 0.2) is 6.29 Å². The second kappa shape index (κ2) is 25.3. The van der Waals surface area contributed by atoms with Crippen LogP contribution in [0.15, 0.2) is 12.2 Å². The number of allylic oxidation sites excluding steroid dienone is 1. The van der Waals surface area contributed by atoms with Crippen LogP contribution in [0.3, 0.4) is 0 Å². The largest absolute Gasteiger partial charge is 0.394 e. The molecule has 6 N–H and O–H groups in total. The number of hydrogen-bond acceptors (Lipinski definition) is 8. The summed E-state index contributed by atoms with van der Waals surface area (Å²) in [7, 11) is 0. The van der Waals surface area contributed by atoms with Gasteiger partial charge in [0.2, 0.25) is 5.91 Å². The van der Waals surface area contributed by atoms with E-state index in [2.05, 4.69) is 19.2 Å². The summed E-state index contributed by atoms with van der Waals surface area (Å²) in [5.74, 6) is -0.187. The lowest BCUT2D eigenvalue weighted by molar-refractivity contribution is -0.302. The predicted octanol–water partition coefficient (Wildman–Crippen LogP) is 4.66. The lowest BCUT2D eigenvalue weighted by Crippen LogP contribution is -2.60. The van der Waals surface area contributed by atoms with Crippen LogP contribution >= 0.6 is 0 Å². The molecular formula is C33H63NO8. The van der Waals surface area contributed by atoms with Crippen molar-refractivity contribution in [2.24, 2.45) is 0 Å². The molecule has 1 heterocycles. The molecule has 0 aromatic rings. The van der Waals surface area contributed by atoms with Gasteiger partial charge in [-0.2, -0.15) is 0 Å². The summed E-state index contributed by atoms with van der Waals surface area (Å²) in [5, 5.41) is 53.5. The van der Waals surface area contributed by atoms with Gasteiger partial charge in [0.1, 0.15) is 24.4 Å². The van der Waals surface area contributed by atoms with Gasteiger partial charge in [0.25, 0.3) is 0 Å². The molecule has 9 nitrogen and oxygen atoms in total. The molecule has 0 spiro atoms. The molecular weight excluding hydrogens is 538 g/mol. The molecule has 42 heavy (non-hydrogen) atoms. The lowest BCUT2D eigenvalue weighted by atomic mass is 9.99. The number of aliphatic hydroxyl groups excluding tert-OH is 5. The third-order valence-corrected chi connectivity index (χ3v) is 8.11. The van der Waals surface area contributed by atoms with Crippen molar-refractivity contribution in [1.82, 2.24) is 5.32 Å². The number of amides is 1. The van der Waals surface area contributed by atoms with E-state index in [0.717, 1.165) is 38.5 Å². The highest BCUT2D eigenvalue weighted by molar-refractivity contribution is 5.76. The quantitative estimate of drug-likeness (QED) is 0.0620. The molecule has 1 fully saturated rings. The van der Waals surface area contributed by atoms with Crippen molar-refractivity contribution in [3.8, 4) is 0 Å². The van der Waals surface area contributed by atoms with E-state index in [4.69, 9.17) is 9.47 Å². The molecule has 1 rings (SSSR count). The van der Waals surface area contributed by atoms with Crippen LogP contribution in [0, 0.1) is 0 Å². The smallest absolute Gasteiger partial charge is 0.220 e. The van der Waals surface area contributed by atoms with Crippen LogP contribution in [0.2, 0.25) is 0 Å². The molecule has 0 saturated carbocycles. The zero-order valence-electron chi connectivity index (χ0n) is 26.5. The average molecular weight is 602 g/mol. The SMILES string of the molecule is CCCCCCCCCCCC/C=C/[C@@H](O)[C@H](CO[C@@H]1O[C@H](CO)[C@H](O)[C@H](O)[C@H]1O)NC(=O)CCCCCCCCC. The van der Waals surface area contributed by atoms with E-state index in [0.29, 0.717) is 6.42 Å². The topological polar surface area (TPSA) is 149 Å². The van der Waals surface area contributed by atoms with Crippen LogP contribution in [0.5, 0.6) is 0 Å². The third-order valence-electron chi connectivity index (χ3n) is 8.11. The number of hydrogen-bond donors (Lipinski definition) is 6. The Balaban J connectivity index is 2.53. The van der Waals surface area contributed by atoms with Crippen molar-refractivity contribution in [2.45, 2.75) is 179 Å². The van der Waals surface area contributed by atoms with Crippen LogP contribution in [0.1, 0.15) is 136 Å². The van der Waals surface area contributed by atoms with Crippen molar-refractivity contribution < 1.29 is 39.8 Å². The highest BCUT2D eigenvalue weighted by Gasteiger charge is 2.44. The summed E-state index contributed by atoms with van der Waals surface area (Å²) >= 11 is 0. The van der Waals surface area contributed by atoms with Gasteiger partial charge >= 0.3 is 0 Å². The summed E-state index contributed by atoms with van der Waals surface area (Å²) in [5.41, 5.74) is 0. The first kappa shape index (κ1) is 39.0. The number of carbonyl (C=O) groups excluding carboxylic acids is 1. The van der Waals surface area contributed by atoms with Gasteiger partial charge in [0, 0.05) is 6.42 Å². The molecule has 1 aliphatic heterocycles. The van der Waals surface area contributed by atoms with E-state index in [1.165, 1.54) is 77.0 Å². The average Bonchev–Trinajstić information content (AvgIpc) is 2.98. The lowest BCUT2D eigenvalue weighted by Gasteiger charge is -2.40. The van der Waals surface area contributed by atoms with Crippen LogP contribution in [-0.2, 0) is 14.3 Å². The van der Waals surface area contributed by atoms with Crippen molar-refractivity contribution in [1.29, 1.82) is 0 Å². The fourth-order valence-corrected chi connectivity index (χ4v) is 5.27. The van der Waals surface area contributed by atoms with Crippen LogP contribution in [-0.4, -0.2) is 87.5 Å².